The average Bonchev–Trinajstić information content (AvgIpc) is 3.35. The Balaban J connectivity index is 1.52. The minimum atomic E-state index is -0.475. The molecule has 3 aromatic rings. The van der Waals surface area contributed by atoms with Crippen LogP contribution in [0.1, 0.15) is 80.1 Å². The van der Waals surface area contributed by atoms with E-state index in [-0.39, 0.29) is 30.2 Å². The molecule has 1 atom stereocenters. The smallest absolute Gasteiger partial charge is 0.286 e. The van der Waals surface area contributed by atoms with Crippen molar-refractivity contribution >= 4 is 11.8 Å². The van der Waals surface area contributed by atoms with E-state index >= 15 is 0 Å². The highest BCUT2D eigenvalue weighted by Crippen LogP contribution is 2.39. The normalized spacial score (nSPS) is 15.4. The van der Waals surface area contributed by atoms with Crippen LogP contribution >= 0.6 is 0 Å². The van der Waals surface area contributed by atoms with Crippen LogP contribution in [0.4, 0.5) is 0 Å². The van der Waals surface area contributed by atoms with Crippen molar-refractivity contribution in [3.05, 3.63) is 88.9 Å². The number of fused-ring (bicyclic) bond motifs is 1. The van der Waals surface area contributed by atoms with E-state index in [1.165, 1.54) is 5.56 Å². The number of hydrogen-bond donors (Lipinski definition) is 1. The van der Waals surface area contributed by atoms with Crippen molar-refractivity contribution in [3.63, 3.8) is 0 Å². The highest BCUT2D eigenvalue weighted by molar-refractivity contribution is 5.91. The van der Waals surface area contributed by atoms with Gasteiger partial charge in [-0.15, -0.1) is 0 Å². The van der Waals surface area contributed by atoms with Crippen molar-refractivity contribution < 1.29 is 18.7 Å². The molecular formula is C31H38N2O4. The second kappa shape index (κ2) is 11.2. The van der Waals surface area contributed by atoms with Crippen LogP contribution in [0.2, 0.25) is 0 Å². The van der Waals surface area contributed by atoms with Gasteiger partial charge in [0.15, 0.2) is 5.76 Å². The molecule has 1 aliphatic rings. The fourth-order valence-corrected chi connectivity index (χ4v) is 4.62. The van der Waals surface area contributed by atoms with Gasteiger partial charge in [0.2, 0.25) is 5.91 Å². The van der Waals surface area contributed by atoms with Gasteiger partial charge in [0.1, 0.15) is 18.1 Å². The molecule has 1 aromatic heterocycles. The molecule has 1 N–H and O–H groups in total. The third-order valence-corrected chi connectivity index (χ3v) is 6.64. The summed E-state index contributed by atoms with van der Waals surface area (Å²) in [7, 11) is 0. The summed E-state index contributed by atoms with van der Waals surface area (Å²) in [6.45, 7) is 11.7. The lowest BCUT2D eigenvalue weighted by molar-refractivity contribution is -0.141. The average molecular weight is 503 g/mol. The van der Waals surface area contributed by atoms with Gasteiger partial charge in [0.25, 0.3) is 5.91 Å². The molecule has 1 aliphatic heterocycles. The van der Waals surface area contributed by atoms with Crippen LogP contribution in [0.25, 0.3) is 0 Å². The number of rotatable bonds is 8. The quantitative estimate of drug-likeness (QED) is 0.401. The van der Waals surface area contributed by atoms with Gasteiger partial charge in [-0.2, -0.15) is 0 Å². The number of hydrogen-bond acceptors (Lipinski definition) is 4. The Labute approximate surface area is 220 Å². The van der Waals surface area contributed by atoms with E-state index in [0.717, 1.165) is 24.0 Å². The summed E-state index contributed by atoms with van der Waals surface area (Å²) in [4.78, 5) is 27.7. The maximum atomic E-state index is 13.4. The number of nitrogens with one attached hydrogen (secondary N) is 1. The second-order valence-corrected chi connectivity index (χ2v) is 11.2. The van der Waals surface area contributed by atoms with Crippen LogP contribution in [0.15, 0.2) is 65.1 Å². The predicted octanol–water partition coefficient (Wildman–Crippen LogP) is 6.15. The molecule has 0 saturated carbocycles. The lowest BCUT2D eigenvalue weighted by Crippen LogP contribution is -2.45. The van der Waals surface area contributed by atoms with Crippen molar-refractivity contribution in [2.75, 3.05) is 13.1 Å². The first-order valence-electron chi connectivity index (χ1n) is 13.1. The molecule has 6 heteroatoms. The van der Waals surface area contributed by atoms with Gasteiger partial charge in [0.05, 0.1) is 6.04 Å². The third-order valence-electron chi connectivity index (χ3n) is 6.64. The van der Waals surface area contributed by atoms with Gasteiger partial charge in [-0.1, -0.05) is 71.0 Å². The first-order valence-corrected chi connectivity index (χ1v) is 13.1. The standard InChI is InChI=1S/C31H38N2O4/c1-21(2)15-17-32-29(34)27-14-13-25(37-27)20-36-24-12-11-22-16-18-33(30(35)31(3,4)5)28(26(22)19-24)23-9-7-6-8-10-23/h6-14,19,21,28H,15-18,20H2,1-5H3,(H,32,34)/t28-/m1/s1. The summed E-state index contributed by atoms with van der Waals surface area (Å²) in [5.41, 5.74) is 2.91. The number of furan rings is 1. The molecular weight excluding hydrogens is 464 g/mol. The minimum absolute atomic E-state index is 0.133. The molecule has 0 spiro atoms. The second-order valence-electron chi connectivity index (χ2n) is 11.2. The first kappa shape index (κ1) is 26.5. The molecule has 196 valence electrons. The van der Waals surface area contributed by atoms with Crippen LogP contribution in [0.3, 0.4) is 0 Å². The molecule has 0 unspecified atom stereocenters. The zero-order valence-electron chi connectivity index (χ0n) is 22.5. The highest BCUT2D eigenvalue weighted by Gasteiger charge is 2.37. The Hall–Kier alpha value is -3.54. The van der Waals surface area contributed by atoms with Crippen molar-refractivity contribution in [1.82, 2.24) is 10.2 Å². The number of ether oxygens (including phenoxy) is 1. The molecule has 0 bridgehead atoms. The van der Waals surface area contributed by atoms with E-state index in [4.69, 9.17) is 9.15 Å². The van der Waals surface area contributed by atoms with Gasteiger partial charge in [-0.25, -0.2) is 0 Å². The molecule has 0 fully saturated rings. The van der Waals surface area contributed by atoms with E-state index in [0.29, 0.717) is 30.5 Å². The van der Waals surface area contributed by atoms with Crippen LogP contribution in [0.5, 0.6) is 5.75 Å². The molecule has 6 nitrogen and oxygen atoms in total. The number of amides is 2. The van der Waals surface area contributed by atoms with Gasteiger partial charge in [-0.3, -0.25) is 9.59 Å². The zero-order valence-corrected chi connectivity index (χ0v) is 22.5. The molecule has 0 radical (unpaired) electrons. The fraction of sp³-hybridized carbons (Fsp3) is 0.419. The Morgan fingerprint density at radius 3 is 2.54 bits per heavy atom. The minimum Gasteiger partial charge on any atom is -0.486 e. The predicted molar refractivity (Wildman–Crippen MR) is 144 cm³/mol. The van der Waals surface area contributed by atoms with E-state index in [1.807, 2.05) is 56.0 Å². The van der Waals surface area contributed by atoms with Gasteiger partial charge >= 0.3 is 0 Å². The number of carbonyl (C=O) groups is 2. The molecule has 2 amide bonds. The molecule has 0 aliphatic carbocycles. The monoisotopic (exact) mass is 502 g/mol. The van der Waals surface area contributed by atoms with Crippen molar-refractivity contribution in [3.8, 4) is 5.75 Å². The van der Waals surface area contributed by atoms with E-state index in [1.54, 1.807) is 12.1 Å². The number of benzene rings is 2. The first-order chi connectivity index (χ1) is 17.6. The van der Waals surface area contributed by atoms with Crippen molar-refractivity contribution in [2.45, 2.75) is 60.1 Å². The summed E-state index contributed by atoms with van der Waals surface area (Å²) < 4.78 is 11.8. The molecule has 37 heavy (non-hydrogen) atoms. The third kappa shape index (κ3) is 6.43. The molecule has 4 rings (SSSR count). The maximum Gasteiger partial charge on any atom is 0.286 e. The Morgan fingerprint density at radius 2 is 1.84 bits per heavy atom. The van der Waals surface area contributed by atoms with Crippen LogP contribution in [-0.2, 0) is 17.8 Å². The fourth-order valence-electron chi connectivity index (χ4n) is 4.62. The number of nitrogens with zero attached hydrogens (tertiary/aromatic N) is 1. The Morgan fingerprint density at radius 1 is 1.08 bits per heavy atom. The molecule has 2 aromatic carbocycles. The Kier molecular flexibility index (Phi) is 8.06. The molecule has 2 heterocycles. The molecule has 0 saturated heterocycles. The largest absolute Gasteiger partial charge is 0.486 e. The lowest BCUT2D eigenvalue weighted by Gasteiger charge is -2.41. The van der Waals surface area contributed by atoms with E-state index < -0.39 is 5.41 Å². The van der Waals surface area contributed by atoms with Crippen LogP contribution in [0, 0.1) is 11.3 Å². The van der Waals surface area contributed by atoms with Gasteiger partial charge in [0, 0.05) is 18.5 Å². The summed E-state index contributed by atoms with van der Waals surface area (Å²) >= 11 is 0. The summed E-state index contributed by atoms with van der Waals surface area (Å²) in [6, 6.07) is 19.5. The van der Waals surface area contributed by atoms with Crippen molar-refractivity contribution in [2.24, 2.45) is 11.3 Å². The topological polar surface area (TPSA) is 71.8 Å². The van der Waals surface area contributed by atoms with Gasteiger partial charge in [-0.05, 0) is 59.7 Å². The SMILES string of the molecule is CC(C)CCNC(=O)c1ccc(COc2ccc3c(c2)[C@@H](c2ccccc2)N(C(=O)C(C)(C)C)CC3)o1. The summed E-state index contributed by atoms with van der Waals surface area (Å²) in [5, 5.41) is 2.89. The summed E-state index contributed by atoms with van der Waals surface area (Å²) in [5.74, 6) is 2.01. The maximum absolute atomic E-state index is 13.4. The van der Waals surface area contributed by atoms with E-state index in [9.17, 15) is 9.59 Å². The lowest BCUT2D eigenvalue weighted by atomic mass is 9.85. The number of carbonyl (C=O) groups excluding carboxylic acids is 2. The Bertz CT molecular complexity index is 1220. The van der Waals surface area contributed by atoms with Crippen molar-refractivity contribution in [1.29, 1.82) is 0 Å². The van der Waals surface area contributed by atoms with Crippen LogP contribution < -0.4 is 10.1 Å². The highest BCUT2D eigenvalue weighted by atomic mass is 16.5. The summed E-state index contributed by atoms with van der Waals surface area (Å²) in [6.07, 6.45) is 1.72. The van der Waals surface area contributed by atoms with Gasteiger partial charge < -0.3 is 19.4 Å². The zero-order chi connectivity index (χ0) is 26.6. The van der Waals surface area contributed by atoms with E-state index in [2.05, 4.69) is 37.4 Å². The van der Waals surface area contributed by atoms with Crippen LogP contribution in [-0.4, -0.2) is 29.8 Å².